The van der Waals surface area contributed by atoms with Crippen molar-refractivity contribution in [2.24, 2.45) is 5.92 Å². The molecule has 0 spiro atoms. The summed E-state index contributed by atoms with van der Waals surface area (Å²) in [4.78, 5) is 11.6. The van der Waals surface area contributed by atoms with Crippen LogP contribution < -0.4 is 10.6 Å². The molecule has 4 heteroatoms. The standard InChI is InChI=1S/C13H26N2O2/c1-3-17-9-5-8-14-13(16)15-12-7-4-6-11(2)10-12/h11-12H,3-10H2,1-2H3,(H2,14,15,16)/t11-,12-/m1/s1. The summed E-state index contributed by atoms with van der Waals surface area (Å²) in [6.45, 7) is 6.38. The van der Waals surface area contributed by atoms with Crippen molar-refractivity contribution >= 4 is 6.03 Å². The second-order valence-corrected chi connectivity index (χ2v) is 4.92. The minimum Gasteiger partial charge on any atom is -0.382 e. The number of ether oxygens (including phenoxy) is 1. The van der Waals surface area contributed by atoms with Crippen LogP contribution in [0.1, 0.15) is 46.0 Å². The minimum atomic E-state index is -0.0272. The lowest BCUT2D eigenvalue weighted by Crippen LogP contribution is -2.44. The van der Waals surface area contributed by atoms with Crippen molar-refractivity contribution in [1.29, 1.82) is 0 Å². The number of nitrogens with one attached hydrogen (secondary N) is 2. The molecule has 0 aromatic rings. The van der Waals surface area contributed by atoms with Crippen LogP contribution in [0.2, 0.25) is 0 Å². The molecule has 2 amide bonds. The fourth-order valence-electron chi connectivity index (χ4n) is 2.32. The Kier molecular flexibility index (Phi) is 7.01. The number of carbonyl (C=O) groups is 1. The van der Waals surface area contributed by atoms with Gasteiger partial charge in [-0.15, -0.1) is 0 Å². The van der Waals surface area contributed by atoms with Crippen LogP contribution in [-0.2, 0) is 4.74 Å². The second-order valence-electron chi connectivity index (χ2n) is 4.92. The van der Waals surface area contributed by atoms with Gasteiger partial charge in [-0.05, 0) is 32.1 Å². The molecular weight excluding hydrogens is 216 g/mol. The zero-order chi connectivity index (χ0) is 12.5. The molecule has 1 saturated carbocycles. The van der Waals surface area contributed by atoms with E-state index in [2.05, 4.69) is 17.6 Å². The predicted molar refractivity (Wildman–Crippen MR) is 69.1 cm³/mol. The first-order valence-corrected chi connectivity index (χ1v) is 6.84. The van der Waals surface area contributed by atoms with Gasteiger partial charge in [0.15, 0.2) is 0 Å². The van der Waals surface area contributed by atoms with Gasteiger partial charge in [-0.2, -0.15) is 0 Å². The molecule has 0 saturated heterocycles. The van der Waals surface area contributed by atoms with Crippen LogP contribution in [-0.4, -0.2) is 31.8 Å². The molecule has 1 rings (SSSR count). The Labute approximate surface area is 104 Å². The van der Waals surface area contributed by atoms with Gasteiger partial charge in [-0.25, -0.2) is 4.79 Å². The Hall–Kier alpha value is -0.770. The van der Waals surface area contributed by atoms with Crippen LogP contribution in [0.25, 0.3) is 0 Å². The molecule has 2 N–H and O–H groups in total. The molecule has 0 radical (unpaired) electrons. The lowest BCUT2D eigenvalue weighted by atomic mass is 9.87. The molecule has 0 heterocycles. The summed E-state index contributed by atoms with van der Waals surface area (Å²) in [6.07, 6.45) is 5.65. The molecule has 0 aliphatic heterocycles. The first-order chi connectivity index (χ1) is 8.22. The molecule has 1 aliphatic rings. The number of rotatable bonds is 6. The third-order valence-electron chi connectivity index (χ3n) is 3.23. The fourth-order valence-corrected chi connectivity index (χ4v) is 2.32. The summed E-state index contributed by atoms with van der Waals surface area (Å²) < 4.78 is 5.21. The molecule has 0 bridgehead atoms. The summed E-state index contributed by atoms with van der Waals surface area (Å²) in [5.74, 6) is 0.743. The Morgan fingerprint density at radius 3 is 2.94 bits per heavy atom. The lowest BCUT2D eigenvalue weighted by Gasteiger charge is -2.27. The van der Waals surface area contributed by atoms with Gasteiger partial charge in [-0.3, -0.25) is 0 Å². The molecular formula is C13H26N2O2. The molecule has 100 valence electrons. The Balaban J connectivity index is 2.04. The van der Waals surface area contributed by atoms with Crippen LogP contribution in [0.4, 0.5) is 4.79 Å². The normalized spacial score (nSPS) is 24.4. The summed E-state index contributed by atoms with van der Waals surface area (Å²) in [5, 5.41) is 5.92. The number of urea groups is 1. The van der Waals surface area contributed by atoms with Crippen LogP contribution in [0.5, 0.6) is 0 Å². The van der Waals surface area contributed by atoms with Crippen LogP contribution in [0.15, 0.2) is 0 Å². The van der Waals surface area contributed by atoms with E-state index in [1.807, 2.05) is 6.92 Å². The van der Waals surface area contributed by atoms with Gasteiger partial charge in [0.2, 0.25) is 0 Å². The molecule has 2 atom stereocenters. The number of amides is 2. The Morgan fingerprint density at radius 2 is 2.24 bits per heavy atom. The first-order valence-electron chi connectivity index (χ1n) is 6.84. The van der Waals surface area contributed by atoms with Crippen LogP contribution >= 0.6 is 0 Å². The summed E-state index contributed by atoms with van der Waals surface area (Å²) >= 11 is 0. The summed E-state index contributed by atoms with van der Waals surface area (Å²) in [5.41, 5.74) is 0. The number of hydrogen-bond acceptors (Lipinski definition) is 2. The molecule has 17 heavy (non-hydrogen) atoms. The smallest absolute Gasteiger partial charge is 0.315 e. The van der Waals surface area contributed by atoms with Gasteiger partial charge in [0.1, 0.15) is 0 Å². The van der Waals surface area contributed by atoms with E-state index in [0.717, 1.165) is 38.4 Å². The third kappa shape index (κ3) is 6.51. The monoisotopic (exact) mass is 242 g/mol. The molecule has 4 nitrogen and oxygen atoms in total. The maximum atomic E-state index is 11.6. The van der Waals surface area contributed by atoms with Crippen molar-refractivity contribution in [3.8, 4) is 0 Å². The average Bonchev–Trinajstić information content (AvgIpc) is 2.29. The number of carbonyl (C=O) groups excluding carboxylic acids is 1. The lowest BCUT2D eigenvalue weighted by molar-refractivity contribution is 0.145. The van der Waals surface area contributed by atoms with E-state index < -0.39 is 0 Å². The van der Waals surface area contributed by atoms with Crippen molar-refractivity contribution in [2.75, 3.05) is 19.8 Å². The third-order valence-corrected chi connectivity index (χ3v) is 3.23. The molecule has 1 fully saturated rings. The number of hydrogen-bond donors (Lipinski definition) is 2. The zero-order valence-electron chi connectivity index (χ0n) is 11.1. The summed E-state index contributed by atoms with van der Waals surface area (Å²) in [6, 6.07) is 0.339. The zero-order valence-corrected chi connectivity index (χ0v) is 11.1. The van der Waals surface area contributed by atoms with Crippen molar-refractivity contribution in [3.63, 3.8) is 0 Å². The predicted octanol–water partition coefficient (Wildman–Crippen LogP) is 2.29. The minimum absolute atomic E-state index is 0.0272. The average molecular weight is 242 g/mol. The van der Waals surface area contributed by atoms with Crippen molar-refractivity contribution in [1.82, 2.24) is 10.6 Å². The fraction of sp³-hybridized carbons (Fsp3) is 0.923. The highest BCUT2D eigenvalue weighted by atomic mass is 16.5. The van der Waals surface area contributed by atoms with E-state index >= 15 is 0 Å². The van der Waals surface area contributed by atoms with E-state index in [1.165, 1.54) is 12.8 Å². The highest BCUT2D eigenvalue weighted by molar-refractivity contribution is 5.74. The van der Waals surface area contributed by atoms with Gasteiger partial charge in [0.05, 0.1) is 0 Å². The molecule has 1 aliphatic carbocycles. The first kappa shape index (κ1) is 14.3. The van der Waals surface area contributed by atoms with E-state index in [-0.39, 0.29) is 6.03 Å². The van der Waals surface area contributed by atoms with Gasteiger partial charge < -0.3 is 15.4 Å². The largest absolute Gasteiger partial charge is 0.382 e. The van der Waals surface area contributed by atoms with E-state index in [9.17, 15) is 4.79 Å². The van der Waals surface area contributed by atoms with Gasteiger partial charge in [-0.1, -0.05) is 19.8 Å². The Bertz CT molecular complexity index is 221. The van der Waals surface area contributed by atoms with Crippen LogP contribution in [0.3, 0.4) is 0 Å². The van der Waals surface area contributed by atoms with Crippen molar-refractivity contribution in [2.45, 2.75) is 52.0 Å². The van der Waals surface area contributed by atoms with Gasteiger partial charge in [0.25, 0.3) is 0 Å². The second kappa shape index (κ2) is 8.34. The molecule has 0 aromatic heterocycles. The highest BCUT2D eigenvalue weighted by Crippen LogP contribution is 2.23. The van der Waals surface area contributed by atoms with E-state index in [4.69, 9.17) is 4.74 Å². The SMILES string of the molecule is CCOCCCNC(=O)N[C@@H]1CCC[C@@H](C)C1. The summed E-state index contributed by atoms with van der Waals surface area (Å²) in [7, 11) is 0. The quantitative estimate of drug-likeness (QED) is 0.702. The van der Waals surface area contributed by atoms with Crippen molar-refractivity contribution < 1.29 is 9.53 Å². The molecule has 0 aromatic carbocycles. The topological polar surface area (TPSA) is 50.4 Å². The highest BCUT2D eigenvalue weighted by Gasteiger charge is 2.19. The molecule has 0 unspecified atom stereocenters. The Morgan fingerprint density at radius 1 is 1.41 bits per heavy atom. The maximum absolute atomic E-state index is 11.6. The van der Waals surface area contributed by atoms with Gasteiger partial charge in [0, 0.05) is 25.8 Å². The van der Waals surface area contributed by atoms with Crippen LogP contribution in [0, 0.1) is 5.92 Å². The van der Waals surface area contributed by atoms with Gasteiger partial charge >= 0.3 is 6.03 Å². The van der Waals surface area contributed by atoms with Crippen molar-refractivity contribution in [3.05, 3.63) is 0 Å². The van der Waals surface area contributed by atoms with E-state index in [1.54, 1.807) is 0 Å². The maximum Gasteiger partial charge on any atom is 0.315 e. The van der Waals surface area contributed by atoms with E-state index in [0.29, 0.717) is 12.6 Å².